The lowest BCUT2D eigenvalue weighted by Crippen LogP contribution is -2.48. The van der Waals surface area contributed by atoms with Crippen LogP contribution in [0.1, 0.15) is 28.9 Å². The fourth-order valence-corrected chi connectivity index (χ4v) is 4.60. The lowest BCUT2D eigenvalue weighted by molar-refractivity contribution is -0.129. The summed E-state index contributed by atoms with van der Waals surface area (Å²) in [6, 6.07) is 8.26. The van der Waals surface area contributed by atoms with Crippen LogP contribution in [0.2, 0.25) is 0 Å². The minimum Gasteiger partial charge on any atom is -0.368 e. The normalized spacial score (nSPS) is 16.8. The van der Waals surface area contributed by atoms with E-state index in [1.165, 1.54) is 0 Å². The fraction of sp³-hybridized carbons (Fsp3) is 0.364. The van der Waals surface area contributed by atoms with Crippen LogP contribution in [0.4, 0.5) is 11.4 Å². The van der Waals surface area contributed by atoms with Gasteiger partial charge in [0.25, 0.3) is 0 Å². The number of hydrogen-bond acceptors (Lipinski definition) is 7. The van der Waals surface area contributed by atoms with Crippen LogP contribution in [0, 0.1) is 13.8 Å². The Bertz CT molecular complexity index is 1030. The first-order valence-corrected chi connectivity index (χ1v) is 10.9. The SMILES string of the molecule is CC(=O)N1CCN(c2cccc(NC3=NC=CCC(c4sc(C)nc4C)=N3)c2)CC1. The van der Waals surface area contributed by atoms with Gasteiger partial charge in [0.05, 0.1) is 21.3 Å². The van der Waals surface area contributed by atoms with Crippen LogP contribution in [-0.4, -0.2) is 53.6 Å². The van der Waals surface area contributed by atoms with Gasteiger partial charge in [-0.05, 0) is 32.0 Å². The maximum Gasteiger partial charge on any atom is 0.227 e. The van der Waals surface area contributed by atoms with Gasteiger partial charge in [0, 0.05) is 57.1 Å². The maximum atomic E-state index is 11.6. The summed E-state index contributed by atoms with van der Waals surface area (Å²) in [4.78, 5) is 30.7. The molecule has 1 aromatic heterocycles. The number of hydrogen-bond donors (Lipinski definition) is 1. The Hall–Kier alpha value is -3.00. The van der Waals surface area contributed by atoms with Gasteiger partial charge in [-0.2, -0.15) is 0 Å². The minimum atomic E-state index is 0.143. The zero-order chi connectivity index (χ0) is 21.1. The molecule has 0 atom stereocenters. The molecule has 0 radical (unpaired) electrons. The van der Waals surface area contributed by atoms with Crippen molar-refractivity contribution < 1.29 is 4.79 Å². The second-order valence-electron chi connectivity index (χ2n) is 7.42. The Balaban J connectivity index is 1.50. The number of aromatic nitrogens is 1. The third-order valence-electron chi connectivity index (χ3n) is 5.21. The topological polar surface area (TPSA) is 73.2 Å². The number of aryl methyl sites for hydroxylation is 2. The Kier molecular flexibility index (Phi) is 5.94. The number of allylic oxidation sites excluding steroid dienone is 1. The lowest BCUT2D eigenvalue weighted by atomic mass is 10.2. The van der Waals surface area contributed by atoms with Crippen molar-refractivity contribution >= 4 is 40.3 Å². The van der Waals surface area contributed by atoms with E-state index in [1.807, 2.05) is 37.0 Å². The molecule has 1 N–H and O–H groups in total. The first-order chi connectivity index (χ1) is 14.5. The molecule has 0 aliphatic carbocycles. The van der Waals surface area contributed by atoms with Crippen molar-refractivity contribution in [3.63, 3.8) is 0 Å². The van der Waals surface area contributed by atoms with E-state index < -0.39 is 0 Å². The van der Waals surface area contributed by atoms with Crippen molar-refractivity contribution in [2.24, 2.45) is 9.98 Å². The Morgan fingerprint density at radius 1 is 1.17 bits per heavy atom. The van der Waals surface area contributed by atoms with Crippen molar-refractivity contribution in [2.75, 3.05) is 36.4 Å². The third kappa shape index (κ3) is 4.59. The summed E-state index contributed by atoms with van der Waals surface area (Å²) in [6.45, 7) is 8.85. The molecule has 2 aliphatic rings. The number of thiazole rings is 1. The summed E-state index contributed by atoms with van der Waals surface area (Å²) in [5.74, 6) is 0.715. The van der Waals surface area contributed by atoms with Crippen LogP contribution < -0.4 is 10.2 Å². The lowest BCUT2D eigenvalue weighted by Gasteiger charge is -2.35. The van der Waals surface area contributed by atoms with Gasteiger partial charge in [-0.1, -0.05) is 12.1 Å². The Labute approximate surface area is 180 Å². The smallest absolute Gasteiger partial charge is 0.227 e. The second kappa shape index (κ2) is 8.79. The summed E-state index contributed by atoms with van der Waals surface area (Å²) in [5, 5.41) is 4.40. The van der Waals surface area contributed by atoms with E-state index in [0.29, 0.717) is 5.96 Å². The molecule has 0 bridgehead atoms. The van der Waals surface area contributed by atoms with Gasteiger partial charge in [0.1, 0.15) is 0 Å². The summed E-state index contributed by atoms with van der Waals surface area (Å²) in [7, 11) is 0. The van der Waals surface area contributed by atoms with E-state index in [9.17, 15) is 4.79 Å². The highest BCUT2D eigenvalue weighted by atomic mass is 32.1. The summed E-state index contributed by atoms with van der Waals surface area (Å²) < 4.78 is 0. The molecular weight excluding hydrogens is 396 g/mol. The molecule has 0 unspecified atom stereocenters. The minimum absolute atomic E-state index is 0.143. The highest BCUT2D eigenvalue weighted by Gasteiger charge is 2.19. The molecule has 8 heteroatoms. The predicted octanol–water partition coefficient (Wildman–Crippen LogP) is 3.60. The number of amides is 1. The monoisotopic (exact) mass is 422 g/mol. The first kappa shape index (κ1) is 20.3. The quantitative estimate of drug-likeness (QED) is 0.820. The number of piperazine rings is 1. The first-order valence-electron chi connectivity index (χ1n) is 10.1. The zero-order valence-electron chi connectivity index (χ0n) is 17.6. The van der Waals surface area contributed by atoms with Gasteiger partial charge in [-0.3, -0.25) is 4.79 Å². The Morgan fingerprint density at radius 3 is 2.67 bits per heavy atom. The average Bonchev–Trinajstić information content (AvgIpc) is 2.93. The molecule has 30 heavy (non-hydrogen) atoms. The largest absolute Gasteiger partial charge is 0.368 e. The number of guanidine groups is 1. The highest BCUT2D eigenvalue weighted by molar-refractivity contribution is 7.13. The molecule has 1 fully saturated rings. The van der Waals surface area contributed by atoms with Crippen molar-refractivity contribution in [3.05, 3.63) is 52.1 Å². The van der Waals surface area contributed by atoms with Gasteiger partial charge in [0.15, 0.2) is 0 Å². The summed E-state index contributed by atoms with van der Waals surface area (Å²) in [5.41, 5.74) is 4.06. The molecule has 156 valence electrons. The molecule has 2 aliphatic heterocycles. The van der Waals surface area contributed by atoms with Crippen molar-refractivity contribution in [2.45, 2.75) is 27.2 Å². The van der Waals surface area contributed by atoms with E-state index in [4.69, 9.17) is 4.99 Å². The van der Waals surface area contributed by atoms with Gasteiger partial charge in [-0.15, -0.1) is 11.3 Å². The van der Waals surface area contributed by atoms with Crippen LogP contribution in [0.15, 0.2) is 46.5 Å². The van der Waals surface area contributed by atoms with Crippen LogP contribution >= 0.6 is 11.3 Å². The molecule has 7 nitrogen and oxygen atoms in total. The van der Waals surface area contributed by atoms with Crippen LogP contribution in [0.25, 0.3) is 0 Å². The van der Waals surface area contributed by atoms with E-state index >= 15 is 0 Å². The van der Waals surface area contributed by atoms with E-state index in [0.717, 1.165) is 65.3 Å². The average molecular weight is 423 g/mol. The van der Waals surface area contributed by atoms with E-state index in [1.54, 1.807) is 24.5 Å². The molecule has 1 aromatic carbocycles. The number of nitrogens with one attached hydrogen (secondary N) is 1. The number of anilines is 2. The van der Waals surface area contributed by atoms with Crippen LogP contribution in [-0.2, 0) is 4.79 Å². The fourth-order valence-electron chi connectivity index (χ4n) is 3.68. The van der Waals surface area contributed by atoms with Gasteiger partial charge >= 0.3 is 0 Å². The van der Waals surface area contributed by atoms with Crippen molar-refractivity contribution in [1.29, 1.82) is 0 Å². The zero-order valence-corrected chi connectivity index (χ0v) is 18.4. The summed E-state index contributed by atoms with van der Waals surface area (Å²) in [6.07, 6.45) is 4.55. The molecule has 1 amide bonds. The molecule has 0 spiro atoms. The van der Waals surface area contributed by atoms with Gasteiger partial charge < -0.3 is 15.1 Å². The number of nitrogens with zero attached hydrogens (tertiary/aromatic N) is 5. The number of aliphatic imine (C=N–C) groups is 2. The molecular formula is C22H26N6OS. The maximum absolute atomic E-state index is 11.6. The standard InChI is InChI=1S/C22H26N6OS/c1-15-21(30-16(2)24-15)20-8-5-9-23-22(26-20)25-18-6-4-7-19(14-18)28-12-10-27(11-13-28)17(3)29/h4-7,9,14H,8,10-13H2,1-3H3,(H,23,25). The molecule has 3 heterocycles. The molecule has 0 saturated carbocycles. The number of carbonyl (C=O) groups is 1. The second-order valence-corrected chi connectivity index (χ2v) is 8.62. The highest BCUT2D eigenvalue weighted by Crippen LogP contribution is 2.23. The van der Waals surface area contributed by atoms with Crippen LogP contribution in [0.3, 0.4) is 0 Å². The van der Waals surface area contributed by atoms with Gasteiger partial charge in [-0.25, -0.2) is 15.0 Å². The third-order valence-corrected chi connectivity index (χ3v) is 6.33. The molecule has 4 rings (SSSR count). The van der Waals surface area contributed by atoms with Gasteiger partial charge in [0.2, 0.25) is 11.9 Å². The molecule has 2 aromatic rings. The number of rotatable bonds is 3. The van der Waals surface area contributed by atoms with E-state index in [-0.39, 0.29) is 5.91 Å². The Morgan fingerprint density at radius 2 is 1.97 bits per heavy atom. The number of carbonyl (C=O) groups excluding carboxylic acids is 1. The van der Waals surface area contributed by atoms with E-state index in [2.05, 4.69) is 32.3 Å². The van der Waals surface area contributed by atoms with Crippen molar-refractivity contribution in [1.82, 2.24) is 9.88 Å². The predicted molar refractivity (Wildman–Crippen MR) is 124 cm³/mol. The summed E-state index contributed by atoms with van der Waals surface area (Å²) >= 11 is 1.67. The molecule has 1 saturated heterocycles. The van der Waals surface area contributed by atoms with Crippen molar-refractivity contribution in [3.8, 4) is 0 Å². The van der Waals surface area contributed by atoms with Crippen LogP contribution in [0.5, 0.6) is 0 Å². The number of benzene rings is 1.